The molecular formula is C13H15Br2N3S. The molecule has 0 aliphatic heterocycles. The van der Waals surface area contributed by atoms with Gasteiger partial charge in [-0.3, -0.25) is 0 Å². The van der Waals surface area contributed by atoms with Gasteiger partial charge in [0.05, 0.1) is 15.0 Å². The van der Waals surface area contributed by atoms with Gasteiger partial charge in [-0.1, -0.05) is 6.92 Å². The van der Waals surface area contributed by atoms with E-state index in [9.17, 15) is 0 Å². The lowest BCUT2D eigenvalue weighted by molar-refractivity contribution is 0.959. The van der Waals surface area contributed by atoms with Gasteiger partial charge in [0.1, 0.15) is 5.82 Å². The Hall–Kier alpha value is -0.460. The average Bonchev–Trinajstić information content (AvgIpc) is 2.71. The molecule has 0 saturated carbocycles. The van der Waals surface area contributed by atoms with Crippen molar-refractivity contribution in [2.75, 3.05) is 11.9 Å². The normalized spacial score (nSPS) is 10.8. The van der Waals surface area contributed by atoms with Crippen LogP contribution in [0.25, 0.3) is 10.7 Å². The van der Waals surface area contributed by atoms with Crippen LogP contribution in [-0.2, 0) is 0 Å². The summed E-state index contributed by atoms with van der Waals surface area (Å²) in [7, 11) is 0. The Kier molecular flexibility index (Phi) is 4.97. The van der Waals surface area contributed by atoms with Crippen molar-refractivity contribution in [2.24, 2.45) is 0 Å². The standard InChI is InChI=1S/C13H15Br2N3S/c1-4-5-16-13-11(15)7(2)17-12(18-13)10-6-9(14)8(3)19-10/h6H,4-5H2,1-3H3,(H,16,17,18). The number of hydrogen-bond donors (Lipinski definition) is 1. The first-order valence-electron chi connectivity index (χ1n) is 6.07. The Morgan fingerprint density at radius 2 is 2.00 bits per heavy atom. The lowest BCUT2D eigenvalue weighted by Gasteiger charge is -2.09. The molecule has 2 aromatic heterocycles. The fourth-order valence-corrected chi connectivity index (χ4v) is 3.39. The highest BCUT2D eigenvalue weighted by molar-refractivity contribution is 9.11. The molecule has 1 N–H and O–H groups in total. The number of aromatic nitrogens is 2. The van der Waals surface area contributed by atoms with Crippen molar-refractivity contribution in [3.63, 3.8) is 0 Å². The Balaban J connectivity index is 2.43. The van der Waals surface area contributed by atoms with Crippen molar-refractivity contribution in [1.82, 2.24) is 9.97 Å². The first-order chi connectivity index (χ1) is 9.02. The molecule has 2 rings (SSSR count). The summed E-state index contributed by atoms with van der Waals surface area (Å²) in [5.74, 6) is 1.64. The molecule has 19 heavy (non-hydrogen) atoms. The summed E-state index contributed by atoms with van der Waals surface area (Å²) >= 11 is 8.78. The van der Waals surface area contributed by atoms with E-state index in [-0.39, 0.29) is 0 Å². The van der Waals surface area contributed by atoms with Gasteiger partial charge in [0, 0.05) is 15.9 Å². The fourth-order valence-electron chi connectivity index (χ4n) is 1.60. The SMILES string of the molecule is CCCNc1nc(-c2cc(Br)c(C)s2)nc(C)c1Br. The van der Waals surface area contributed by atoms with Crippen LogP contribution in [0, 0.1) is 13.8 Å². The maximum absolute atomic E-state index is 4.62. The molecule has 0 atom stereocenters. The Morgan fingerprint density at radius 1 is 1.26 bits per heavy atom. The minimum Gasteiger partial charge on any atom is -0.369 e. The molecule has 0 fully saturated rings. The average molecular weight is 405 g/mol. The number of thiophene rings is 1. The molecule has 0 spiro atoms. The third kappa shape index (κ3) is 3.35. The molecule has 102 valence electrons. The highest BCUT2D eigenvalue weighted by atomic mass is 79.9. The van der Waals surface area contributed by atoms with Crippen LogP contribution in [0.2, 0.25) is 0 Å². The van der Waals surface area contributed by atoms with E-state index in [1.54, 1.807) is 11.3 Å². The molecule has 2 heterocycles. The van der Waals surface area contributed by atoms with Gasteiger partial charge < -0.3 is 5.32 Å². The first-order valence-corrected chi connectivity index (χ1v) is 8.47. The zero-order chi connectivity index (χ0) is 14.0. The molecule has 0 amide bonds. The largest absolute Gasteiger partial charge is 0.369 e. The van der Waals surface area contributed by atoms with Crippen LogP contribution >= 0.6 is 43.2 Å². The Bertz CT molecular complexity index is 576. The van der Waals surface area contributed by atoms with Crippen LogP contribution in [0.4, 0.5) is 5.82 Å². The van der Waals surface area contributed by atoms with Crippen molar-refractivity contribution in [2.45, 2.75) is 27.2 Å². The van der Waals surface area contributed by atoms with Crippen molar-refractivity contribution in [3.05, 3.63) is 25.6 Å². The summed E-state index contributed by atoms with van der Waals surface area (Å²) in [6.07, 6.45) is 1.06. The highest BCUT2D eigenvalue weighted by Gasteiger charge is 2.13. The van der Waals surface area contributed by atoms with Crippen LogP contribution < -0.4 is 5.32 Å². The van der Waals surface area contributed by atoms with Gasteiger partial charge in [0.15, 0.2) is 5.82 Å². The van der Waals surface area contributed by atoms with Gasteiger partial charge >= 0.3 is 0 Å². The van der Waals surface area contributed by atoms with Gasteiger partial charge in [-0.2, -0.15) is 0 Å². The second kappa shape index (κ2) is 6.33. The summed E-state index contributed by atoms with van der Waals surface area (Å²) in [4.78, 5) is 11.5. The summed E-state index contributed by atoms with van der Waals surface area (Å²) in [5.41, 5.74) is 0.950. The van der Waals surface area contributed by atoms with Gasteiger partial charge in [0.2, 0.25) is 0 Å². The zero-order valence-corrected chi connectivity index (χ0v) is 15.0. The van der Waals surface area contributed by atoms with E-state index in [1.165, 1.54) is 4.88 Å². The van der Waals surface area contributed by atoms with Crippen molar-refractivity contribution < 1.29 is 0 Å². The monoisotopic (exact) mass is 403 g/mol. The lowest BCUT2D eigenvalue weighted by atomic mass is 10.3. The smallest absolute Gasteiger partial charge is 0.171 e. The van der Waals surface area contributed by atoms with E-state index < -0.39 is 0 Å². The third-order valence-corrected chi connectivity index (χ3v) is 5.72. The molecule has 0 unspecified atom stereocenters. The summed E-state index contributed by atoms with van der Waals surface area (Å²) < 4.78 is 2.05. The van der Waals surface area contributed by atoms with Crippen LogP contribution in [0.3, 0.4) is 0 Å². The number of hydrogen-bond acceptors (Lipinski definition) is 4. The molecule has 0 aliphatic carbocycles. The Labute approximate surface area is 134 Å². The highest BCUT2D eigenvalue weighted by Crippen LogP contribution is 2.34. The summed E-state index contributed by atoms with van der Waals surface area (Å²) in [6, 6.07) is 2.08. The van der Waals surface area contributed by atoms with E-state index in [4.69, 9.17) is 0 Å². The molecule has 0 aliphatic rings. The Morgan fingerprint density at radius 3 is 2.58 bits per heavy atom. The van der Waals surface area contributed by atoms with Crippen LogP contribution in [0.1, 0.15) is 23.9 Å². The molecule has 6 heteroatoms. The van der Waals surface area contributed by atoms with E-state index in [0.717, 1.165) is 44.1 Å². The van der Waals surface area contributed by atoms with Crippen LogP contribution in [0.15, 0.2) is 15.0 Å². The number of halogens is 2. The quantitative estimate of drug-likeness (QED) is 0.763. The van der Waals surface area contributed by atoms with Crippen LogP contribution in [0.5, 0.6) is 0 Å². The molecule has 3 nitrogen and oxygen atoms in total. The molecule has 0 bridgehead atoms. The fraction of sp³-hybridized carbons (Fsp3) is 0.385. The molecular weight excluding hydrogens is 390 g/mol. The molecule has 0 aromatic carbocycles. The van der Waals surface area contributed by atoms with Crippen molar-refractivity contribution in [3.8, 4) is 10.7 Å². The second-order valence-electron chi connectivity index (χ2n) is 4.24. The van der Waals surface area contributed by atoms with E-state index in [2.05, 4.69) is 67.1 Å². The number of aryl methyl sites for hydroxylation is 2. The topological polar surface area (TPSA) is 37.8 Å². The number of anilines is 1. The molecule has 0 saturated heterocycles. The first kappa shape index (κ1) is 14.9. The molecule has 2 aromatic rings. The maximum Gasteiger partial charge on any atom is 0.171 e. The predicted molar refractivity (Wildman–Crippen MR) is 89.0 cm³/mol. The van der Waals surface area contributed by atoms with Gasteiger partial charge in [0.25, 0.3) is 0 Å². The molecule has 0 radical (unpaired) electrons. The number of rotatable bonds is 4. The van der Waals surface area contributed by atoms with Gasteiger partial charge in [-0.05, 0) is 58.2 Å². The zero-order valence-electron chi connectivity index (χ0n) is 11.1. The number of nitrogens with zero attached hydrogens (tertiary/aromatic N) is 2. The second-order valence-corrected chi connectivity index (χ2v) is 7.14. The van der Waals surface area contributed by atoms with Gasteiger partial charge in [-0.25, -0.2) is 9.97 Å². The lowest BCUT2D eigenvalue weighted by Crippen LogP contribution is -2.05. The third-order valence-electron chi connectivity index (χ3n) is 2.64. The minimum absolute atomic E-state index is 0.776. The maximum atomic E-state index is 4.62. The van der Waals surface area contributed by atoms with Crippen molar-refractivity contribution in [1.29, 1.82) is 0 Å². The van der Waals surface area contributed by atoms with E-state index in [1.807, 2.05) is 6.92 Å². The van der Waals surface area contributed by atoms with Crippen molar-refractivity contribution >= 4 is 49.0 Å². The minimum atomic E-state index is 0.776. The van der Waals surface area contributed by atoms with Gasteiger partial charge in [-0.15, -0.1) is 11.3 Å². The summed E-state index contributed by atoms with van der Waals surface area (Å²) in [5, 5.41) is 3.33. The van der Waals surface area contributed by atoms with E-state index >= 15 is 0 Å². The van der Waals surface area contributed by atoms with E-state index in [0.29, 0.717) is 0 Å². The number of nitrogens with one attached hydrogen (secondary N) is 1. The predicted octanol–water partition coefficient (Wildman–Crippen LogP) is 5.17. The summed E-state index contributed by atoms with van der Waals surface area (Å²) in [6.45, 7) is 7.11. The van der Waals surface area contributed by atoms with Crippen LogP contribution in [-0.4, -0.2) is 16.5 Å².